The molecule has 0 radical (unpaired) electrons. The number of ether oxygens (including phenoxy) is 1. The number of anilines is 1. The zero-order valence-corrected chi connectivity index (χ0v) is 17.0. The van der Waals surface area contributed by atoms with Crippen LogP contribution in [-0.4, -0.2) is 14.7 Å². The minimum Gasteiger partial charge on any atom is -0.487 e. The minimum absolute atomic E-state index is 0.243. The number of benzene rings is 1. The van der Waals surface area contributed by atoms with Gasteiger partial charge in [-0.3, -0.25) is 4.79 Å². The molecule has 1 aromatic carbocycles. The Balaban J connectivity index is 1.49. The summed E-state index contributed by atoms with van der Waals surface area (Å²) in [6.07, 6.45) is 4.13. The van der Waals surface area contributed by atoms with Crippen LogP contribution in [0.3, 0.4) is 0 Å². The topological polar surface area (TPSA) is 87.9 Å². The van der Waals surface area contributed by atoms with Gasteiger partial charge in [0, 0.05) is 10.4 Å². The summed E-state index contributed by atoms with van der Waals surface area (Å²) in [6, 6.07) is 9.29. The highest BCUT2D eigenvalue weighted by Crippen LogP contribution is 2.37. The summed E-state index contributed by atoms with van der Waals surface area (Å²) >= 11 is 2.68. The fraction of sp³-hybridized carbons (Fsp3) is 0.300. The summed E-state index contributed by atoms with van der Waals surface area (Å²) in [6.45, 7) is 2.20. The number of nitrogens with one attached hydrogen (secondary N) is 1. The van der Waals surface area contributed by atoms with E-state index in [0.29, 0.717) is 28.5 Å². The van der Waals surface area contributed by atoms with Gasteiger partial charge in [0.25, 0.3) is 5.91 Å². The number of thiophene rings is 1. The molecule has 1 aliphatic rings. The van der Waals surface area contributed by atoms with Crippen LogP contribution in [0.2, 0.25) is 0 Å². The van der Waals surface area contributed by atoms with Gasteiger partial charge in [0.1, 0.15) is 29.1 Å². The number of aromatic nitrogens is 2. The molecule has 0 bridgehead atoms. The lowest BCUT2D eigenvalue weighted by molar-refractivity contribution is 0.102. The molecule has 0 atom stereocenters. The van der Waals surface area contributed by atoms with Crippen LogP contribution in [0.4, 0.5) is 5.00 Å². The molecular formula is C20H18N4O2S2. The van der Waals surface area contributed by atoms with E-state index in [2.05, 4.69) is 20.1 Å². The molecule has 2 aromatic heterocycles. The second-order valence-electron chi connectivity index (χ2n) is 6.59. The number of nitrogens with zero attached hydrogens (tertiary/aromatic N) is 3. The van der Waals surface area contributed by atoms with Crippen LogP contribution < -0.4 is 10.1 Å². The normalized spacial score (nSPS) is 12.9. The van der Waals surface area contributed by atoms with Crippen molar-refractivity contribution in [1.82, 2.24) is 8.75 Å². The molecule has 0 aliphatic heterocycles. The molecule has 0 saturated heterocycles. The Morgan fingerprint density at radius 1 is 1.32 bits per heavy atom. The molecule has 1 amide bonds. The third kappa shape index (κ3) is 3.77. The quantitative estimate of drug-likeness (QED) is 0.669. The van der Waals surface area contributed by atoms with Gasteiger partial charge in [-0.2, -0.15) is 14.0 Å². The van der Waals surface area contributed by atoms with Gasteiger partial charge < -0.3 is 10.1 Å². The molecule has 0 spiro atoms. The number of amides is 1. The molecule has 8 heteroatoms. The molecule has 142 valence electrons. The Morgan fingerprint density at radius 3 is 2.96 bits per heavy atom. The van der Waals surface area contributed by atoms with Crippen molar-refractivity contribution in [1.29, 1.82) is 5.26 Å². The van der Waals surface area contributed by atoms with Gasteiger partial charge in [0.2, 0.25) is 0 Å². The van der Waals surface area contributed by atoms with E-state index in [4.69, 9.17) is 4.74 Å². The van der Waals surface area contributed by atoms with Crippen molar-refractivity contribution in [2.24, 2.45) is 0 Å². The summed E-state index contributed by atoms with van der Waals surface area (Å²) in [5, 5.41) is 13.1. The lowest BCUT2D eigenvalue weighted by atomic mass is 9.96. The molecule has 2 heterocycles. The number of nitriles is 1. The Hall–Kier alpha value is -2.76. The highest BCUT2D eigenvalue weighted by Gasteiger charge is 2.22. The van der Waals surface area contributed by atoms with Crippen molar-refractivity contribution in [3.8, 4) is 11.8 Å². The zero-order valence-electron chi connectivity index (χ0n) is 15.3. The number of fused-ring (bicyclic) bond motifs is 1. The van der Waals surface area contributed by atoms with Crippen molar-refractivity contribution in [2.75, 3.05) is 5.32 Å². The van der Waals surface area contributed by atoms with Crippen LogP contribution in [0.5, 0.6) is 5.75 Å². The first kappa shape index (κ1) is 18.6. The van der Waals surface area contributed by atoms with Crippen molar-refractivity contribution in [3.63, 3.8) is 0 Å². The third-order valence-electron chi connectivity index (χ3n) is 4.73. The first-order chi connectivity index (χ1) is 13.7. The number of carbonyl (C=O) groups is 1. The van der Waals surface area contributed by atoms with E-state index in [-0.39, 0.29) is 5.91 Å². The van der Waals surface area contributed by atoms with Crippen LogP contribution in [0.25, 0.3) is 0 Å². The van der Waals surface area contributed by atoms with E-state index >= 15 is 0 Å². The van der Waals surface area contributed by atoms with E-state index in [1.54, 1.807) is 24.3 Å². The summed E-state index contributed by atoms with van der Waals surface area (Å²) in [5.74, 6) is 0.345. The largest absolute Gasteiger partial charge is 0.487 e. The Kier molecular flexibility index (Phi) is 5.37. The van der Waals surface area contributed by atoms with Crippen LogP contribution in [0.1, 0.15) is 50.6 Å². The number of hydrogen-bond acceptors (Lipinski definition) is 7. The molecule has 6 nitrogen and oxygen atoms in total. The van der Waals surface area contributed by atoms with Gasteiger partial charge >= 0.3 is 0 Å². The van der Waals surface area contributed by atoms with Crippen molar-refractivity contribution in [3.05, 3.63) is 57.2 Å². The van der Waals surface area contributed by atoms with Crippen LogP contribution >= 0.6 is 23.1 Å². The molecule has 1 aliphatic carbocycles. The second-order valence-corrected chi connectivity index (χ2v) is 8.23. The number of hydrogen-bond donors (Lipinski definition) is 1. The van der Waals surface area contributed by atoms with E-state index in [1.165, 1.54) is 16.2 Å². The van der Waals surface area contributed by atoms with Gasteiger partial charge in [-0.1, -0.05) is 6.07 Å². The van der Waals surface area contributed by atoms with E-state index in [1.807, 2.05) is 6.92 Å². The summed E-state index contributed by atoms with van der Waals surface area (Å²) in [7, 11) is 0. The van der Waals surface area contributed by atoms with Crippen LogP contribution in [-0.2, 0) is 19.4 Å². The molecule has 0 saturated carbocycles. The standard InChI is InChI=1S/C20H18N4O2S2/c1-12-17(24-28-23-12)11-26-14-6-4-5-13(9-14)19(25)22-20-16(10-21)15-7-2-3-8-18(15)27-20/h4-6,9H,2-3,7-8,11H2,1H3,(H,22,25). The highest BCUT2D eigenvalue weighted by atomic mass is 32.1. The SMILES string of the molecule is Cc1nsnc1COc1cccc(C(=O)Nc2sc3c(c2C#N)CCCC3)c1. The molecule has 4 rings (SSSR count). The highest BCUT2D eigenvalue weighted by molar-refractivity contribution is 7.16. The van der Waals surface area contributed by atoms with Gasteiger partial charge in [-0.25, -0.2) is 0 Å². The summed E-state index contributed by atoms with van der Waals surface area (Å²) < 4.78 is 14.1. The average Bonchev–Trinajstić information content (AvgIpc) is 3.28. The van der Waals surface area contributed by atoms with Gasteiger partial charge in [-0.15, -0.1) is 11.3 Å². The maximum Gasteiger partial charge on any atom is 0.256 e. The number of carbonyl (C=O) groups excluding carboxylic acids is 1. The lowest BCUT2D eigenvalue weighted by Gasteiger charge is -2.09. The first-order valence-electron chi connectivity index (χ1n) is 9.02. The minimum atomic E-state index is -0.243. The number of rotatable bonds is 5. The first-order valence-corrected chi connectivity index (χ1v) is 10.6. The molecular weight excluding hydrogens is 392 g/mol. The zero-order chi connectivity index (χ0) is 19.5. The van der Waals surface area contributed by atoms with Crippen molar-refractivity contribution in [2.45, 2.75) is 39.2 Å². The van der Waals surface area contributed by atoms with Crippen LogP contribution in [0, 0.1) is 18.3 Å². The van der Waals surface area contributed by atoms with E-state index < -0.39 is 0 Å². The predicted octanol–water partition coefficient (Wildman–Crippen LogP) is 4.49. The monoisotopic (exact) mass is 410 g/mol. The van der Waals surface area contributed by atoms with Gasteiger partial charge in [-0.05, 0) is 56.4 Å². The molecule has 0 unspecified atom stereocenters. The molecule has 0 fully saturated rings. The van der Waals surface area contributed by atoms with Gasteiger partial charge in [0.15, 0.2) is 0 Å². The molecule has 28 heavy (non-hydrogen) atoms. The Morgan fingerprint density at radius 2 is 2.18 bits per heavy atom. The smallest absolute Gasteiger partial charge is 0.256 e. The molecule has 1 N–H and O–H groups in total. The van der Waals surface area contributed by atoms with E-state index in [0.717, 1.165) is 54.4 Å². The van der Waals surface area contributed by atoms with E-state index in [9.17, 15) is 10.1 Å². The third-order valence-corrected chi connectivity index (χ3v) is 6.59. The summed E-state index contributed by atoms with van der Waals surface area (Å²) in [4.78, 5) is 14.0. The Bertz CT molecular complexity index is 1060. The van der Waals surface area contributed by atoms with Crippen molar-refractivity contribution < 1.29 is 9.53 Å². The van der Waals surface area contributed by atoms with Crippen molar-refractivity contribution >= 4 is 34.0 Å². The second kappa shape index (κ2) is 8.09. The number of aryl methyl sites for hydroxylation is 2. The maximum atomic E-state index is 12.7. The Labute approximate surface area is 171 Å². The average molecular weight is 411 g/mol. The fourth-order valence-electron chi connectivity index (χ4n) is 3.21. The van der Waals surface area contributed by atoms with Crippen LogP contribution in [0.15, 0.2) is 24.3 Å². The summed E-state index contributed by atoms with van der Waals surface area (Å²) in [5.41, 5.74) is 3.86. The molecule has 3 aromatic rings. The lowest BCUT2D eigenvalue weighted by Crippen LogP contribution is -2.12. The predicted molar refractivity (Wildman–Crippen MR) is 109 cm³/mol. The van der Waals surface area contributed by atoms with Gasteiger partial charge in [0.05, 0.1) is 23.0 Å². The maximum absolute atomic E-state index is 12.7. The fourth-order valence-corrected chi connectivity index (χ4v) is 4.99.